The van der Waals surface area contributed by atoms with E-state index in [-0.39, 0.29) is 24.2 Å². The number of hydrogen-bond acceptors (Lipinski definition) is 4. The molecular formula is C28H23F4N3O3. The maximum Gasteiger partial charge on any atom is 0.374 e. The third kappa shape index (κ3) is 6.13. The molecule has 0 fully saturated rings. The molecule has 0 aliphatic rings. The van der Waals surface area contributed by atoms with Gasteiger partial charge in [0.1, 0.15) is 11.6 Å². The molecule has 1 unspecified atom stereocenters. The minimum Gasteiger partial charge on any atom is -0.477 e. The van der Waals surface area contributed by atoms with E-state index >= 15 is 0 Å². The standard InChI is InChI=1S/C28H23F4N3O3/c1-16(17-4-9-20(29)10-5-17)33-26(36)19-8-13-22-24(15-19)34-23(3-2-14-28(31,32)27(37)38)25(35-22)18-6-11-21(30)12-7-18/h4-13,15-16H,2-3,14H2,1H3,(H,33,36)(H,37,38). The Kier molecular flexibility index (Phi) is 7.70. The number of hydrogen-bond donors (Lipinski definition) is 2. The fourth-order valence-corrected chi connectivity index (χ4v) is 3.94. The molecule has 1 amide bonds. The number of carbonyl (C=O) groups is 2. The summed E-state index contributed by atoms with van der Waals surface area (Å²) in [5, 5.41) is 11.5. The fraction of sp³-hybridized carbons (Fsp3) is 0.214. The summed E-state index contributed by atoms with van der Waals surface area (Å²) in [5.74, 6) is -7.34. The monoisotopic (exact) mass is 525 g/mol. The van der Waals surface area contributed by atoms with E-state index < -0.39 is 36.1 Å². The lowest BCUT2D eigenvalue weighted by atomic mass is 10.0. The van der Waals surface area contributed by atoms with Crippen LogP contribution in [0, 0.1) is 11.6 Å². The number of aromatic nitrogens is 2. The van der Waals surface area contributed by atoms with E-state index in [0.29, 0.717) is 33.5 Å². The number of aryl methyl sites for hydroxylation is 1. The molecule has 10 heteroatoms. The summed E-state index contributed by atoms with van der Waals surface area (Å²) < 4.78 is 53.9. The first-order chi connectivity index (χ1) is 18.0. The molecule has 0 aliphatic heterocycles. The van der Waals surface area contributed by atoms with Crippen LogP contribution in [-0.2, 0) is 11.2 Å². The largest absolute Gasteiger partial charge is 0.477 e. The van der Waals surface area contributed by atoms with E-state index in [2.05, 4.69) is 15.3 Å². The van der Waals surface area contributed by atoms with E-state index in [0.717, 1.165) is 0 Å². The van der Waals surface area contributed by atoms with Gasteiger partial charge in [-0.05, 0) is 79.9 Å². The Morgan fingerprint density at radius 2 is 1.55 bits per heavy atom. The van der Waals surface area contributed by atoms with Gasteiger partial charge in [-0.3, -0.25) is 4.79 Å². The normalized spacial score (nSPS) is 12.3. The molecule has 4 rings (SSSR count). The number of halogens is 4. The lowest BCUT2D eigenvalue weighted by Gasteiger charge is -2.15. The molecule has 6 nitrogen and oxygen atoms in total. The number of carboxylic acid groups (broad SMARTS) is 1. The molecule has 1 atom stereocenters. The Labute approximate surface area is 215 Å². The van der Waals surface area contributed by atoms with Crippen molar-refractivity contribution in [1.29, 1.82) is 0 Å². The number of carboxylic acids is 1. The highest BCUT2D eigenvalue weighted by Gasteiger charge is 2.37. The van der Waals surface area contributed by atoms with Gasteiger partial charge in [-0.2, -0.15) is 8.78 Å². The van der Waals surface area contributed by atoms with E-state index in [1.807, 2.05) is 0 Å². The molecule has 1 aromatic heterocycles. The van der Waals surface area contributed by atoms with Gasteiger partial charge in [0.2, 0.25) is 0 Å². The van der Waals surface area contributed by atoms with Crippen LogP contribution in [0.3, 0.4) is 0 Å². The second-order valence-corrected chi connectivity index (χ2v) is 8.84. The number of carbonyl (C=O) groups excluding carboxylic acids is 1. The van der Waals surface area contributed by atoms with Crippen molar-refractivity contribution >= 4 is 22.9 Å². The summed E-state index contributed by atoms with van der Waals surface area (Å²) in [7, 11) is 0. The summed E-state index contributed by atoms with van der Waals surface area (Å²) in [5.41, 5.74) is 2.91. The Hall–Kier alpha value is -4.34. The smallest absolute Gasteiger partial charge is 0.374 e. The predicted octanol–water partition coefficient (Wildman–Crippen LogP) is 6.11. The van der Waals surface area contributed by atoms with Crippen LogP contribution >= 0.6 is 0 Å². The van der Waals surface area contributed by atoms with Crippen LogP contribution in [0.15, 0.2) is 66.7 Å². The number of benzene rings is 3. The van der Waals surface area contributed by atoms with Crippen molar-refractivity contribution in [3.63, 3.8) is 0 Å². The van der Waals surface area contributed by atoms with E-state index in [9.17, 15) is 27.2 Å². The van der Waals surface area contributed by atoms with Gasteiger partial charge in [0, 0.05) is 17.5 Å². The minimum absolute atomic E-state index is 0.0173. The quantitative estimate of drug-likeness (QED) is 0.257. The van der Waals surface area contributed by atoms with Crippen LogP contribution in [0.4, 0.5) is 17.6 Å². The molecule has 0 bridgehead atoms. The van der Waals surface area contributed by atoms with E-state index in [1.165, 1.54) is 42.5 Å². The van der Waals surface area contributed by atoms with Crippen molar-refractivity contribution in [2.75, 3.05) is 0 Å². The maximum absolute atomic E-state index is 13.6. The van der Waals surface area contributed by atoms with Gasteiger partial charge >= 0.3 is 11.9 Å². The van der Waals surface area contributed by atoms with Crippen LogP contribution in [0.1, 0.15) is 47.4 Å². The molecule has 0 saturated carbocycles. The van der Waals surface area contributed by atoms with Gasteiger partial charge in [0.05, 0.1) is 28.5 Å². The first kappa shape index (κ1) is 26.7. The Morgan fingerprint density at radius 3 is 2.18 bits per heavy atom. The third-order valence-corrected chi connectivity index (χ3v) is 6.05. The third-order valence-electron chi connectivity index (χ3n) is 6.05. The highest BCUT2D eigenvalue weighted by molar-refractivity contribution is 5.97. The molecule has 4 aromatic rings. The van der Waals surface area contributed by atoms with Crippen molar-refractivity contribution in [2.45, 2.75) is 38.2 Å². The lowest BCUT2D eigenvalue weighted by molar-refractivity contribution is -0.165. The van der Waals surface area contributed by atoms with Crippen LogP contribution in [0.5, 0.6) is 0 Å². The first-order valence-electron chi connectivity index (χ1n) is 11.8. The molecular weight excluding hydrogens is 502 g/mol. The Bertz CT molecular complexity index is 1480. The molecule has 0 radical (unpaired) electrons. The number of nitrogens with one attached hydrogen (secondary N) is 1. The molecule has 0 spiro atoms. The lowest BCUT2D eigenvalue weighted by Crippen LogP contribution is -2.28. The van der Waals surface area contributed by atoms with E-state index in [4.69, 9.17) is 5.11 Å². The van der Waals surface area contributed by atoms with Crippen molar-refractivity contribution < 1.29 is 32.3 Å². The highest BCUT2D eigenvalue weighted by atomic mass is 19.3. The number of aliphatic carboxylic acids is 1. The predicted molar refractivity (Wildman–Crippen MR) is 133 cm³/mol. The van der Waals surface area contributed by atoms with Crippen molar-refractivity contribution in [1.82, 2.24) is 15.3 Å². The number of nitrogens with zero attached hydrogens (tertiary/aromatic N) is 2. The molecule has 0 aliphatic carbocycles. The summed E-state index contributed by atoms with van der Waals surface area (Å²) in [6.07, 6.45) is -1.10. The van der Waals surface area contributed by atoms with Gasteiger partial charge in [-0.15, -0.1) is 0 Å². The summed E-state index contributed by atoms with van der Waals surface area (Å²) in [6, 6.07) is 15.5. The zero-order chi connectivity index (χ0) is 27.4. The van der Waals surface area contributed by atoms with Crippen LogP contribution in [0.2, 0.25) is 0 Å². The zero-order valence-corrected chi connectivity index (χ0v) is 20.2. The average Bonchev–Trinajstić information content (AvgIpc) is 2.88. The molecule has 38 heavy (non-hydrogen) atoms. The summed E-state index contributed by atoms with van der Waals surface area (Å²) in [4.78, 5) is 32.8. The highest BCUT2D eigenvalue weighted by Crippen LogP contribution is 2.28. The molecule has 0 saturated heterocycles. The fourth-order valence-electron chi connectivity index (χ4n) is 3.94. The summed E-state index contributed by atoms with van der Waals surface area (Å²) in [6.45, 7) is 1.76. The average molecular weight is 526 g/mol. The van der Waals surface area contributed by atoms with Crippen molar-refractivity contribution in [3.05, 3.63) is 95.2 Å². The van der Waals surface area contributed by atoms with Gasteiger partial charge in [0.25, 0.3) is 5.91 Å². The second-order valence-electron chi connectivity index (χ2n) is 8.84. The number of alkyl halides is 2. The molecule has 3 aromatic carbocycles. The molecule has 2 N–H and O–H groups in total. The van der Waals surface area contributed by atoms with Gasteiger partial charge in [-0.1, -0.05) is 12.1 Å². The van der Waals surface area contributed by atoms with Gasteiger partial charge in [0.15, 0.2) is 0 Å². The number of amides is 1. The van der Waals surface area contributed by atoms with Gasteiger partial charge < -0.3 is 10.4 Å². The maximum atomic E-state index is 13.6. The Balaban J connectivity index is 1.64. The van der Waals surface area contributed by atoms with Crippen LogP contribution < -0.4 is 5.32 Å². The van der Waals surface area contributed by atoms with Crippen molar-refractivity contribution in [3.8, 4) is 11.3 Å². The topological polar surface area (TPSA) is 92.2 Å². The SMILES string of the molecule is CC(NC(=O)c1ccc2nc(-c3ccc(F)cc3)c(CCCC(F)(F)C(=O)O)nc2c1)c1ccc(F)cc1. The summed E-state index contributed by atoms with van der Waals surface area (Å²) >= 11 is 0. The minimum atomic E-state index is -3.88. The molecule has 1 heterocycles. The Morgan fingerprint density at radius 1 is 0.921 bits per heavy atom. The van der Waals surface area contributed by atoms with Crippen molar-refractivity contribution in [2.24, 2.45) is 0 Å². The zero-order valence-electron chi connectivity index (χ0n) is 20.2. The molecule has 196 valence electrons. The van der Waals surface area contributed by atoms with Crippen LogP contribution in [-0.4, -0.2) is 32.9 Å². The first-order valence-corrected chi connectivity index (χ1v) is 11.8. The number of rotatable bonds is 9. The van der Waals surface area contributed by atoms with E-state index in [1.54, 1.807) is 31.2 Å². The number of fused-ring (bicyclic) bond motifs is 1. The van der Waals surface area contributed by atoms with Gasteiger partial charge in [-0.25, -0.2) is 23.5 Å². The van der Waals surface area contributed by atoms with Crippen LogP contribution in [0.25, 0.3) is 22.3 Å². The second kappa shape index (κ2) is 11.0.